The van der Waals surface area contributed by atoms with E-state index in [1.165, 1.54) is 12.1 Å². The van der Waals surface area contributed by atoms with Crippen molar-refractivity contribution in [1.29, 1.82) is 0 Å². The second-order valence-corrected chi connectivity index (χ2v) is 4.79. The van der Waals surface area contributed by atoms with Crippen LogP contribution in [0.3, 0.4) is 0 Å². The largest absolute Gasteiger partial charge is 0.334 e. The van der Waals surface area contributed by atoms with Crippen LogP contribution in [0.1, 0.15) is 0 Å². The summed E-state index contributed by atoms with van der Waals surface area (Å²) in [4.78, 5) is 18.4. The summed E-state index contributed by atoms with van der Waals surface area (Å²) in [5.41, 5.74) is 1.46. The summed E-state index contributed by atoms with van der Waals surface area (Å²) in [5.74, 6) is 0.105. The molecule has 0 saturated carbocycles. The Labute approximate surface area is 130 Å². The second-order valence-electron chi connectivity index (χ2n) is 4.40. The number of nitrogens with zero attached hydrogens (tertiary/aromatic N) is 4. The van der Waals surface area contributed by atoms with Crippen molar-refractivity contribution in [2.75, 3.05) is 5.32 Å². The summed E-state index contributed by atoms with van der Waals surface area (Å²) < 4.78 is 1.85. The molecule has 0 bridgehead atoms. The molecule has 0 saturated heterocycles. The van der Waals surface area contributed by atoms with E-state index in [9.17, 15) is 10.1 Å². The maximum Gasteiger partial charge on any atom is 0.311 e. The Kier molecular flexibility index (Phi) is 3.71. The van der Waals surface area contributed by atoms with E-state index in [0.717, 1.165) is 5.69 Å². The van der Waals surface area contributed by atoms with E-state index in [1.807, 2.05) is 22.9 Å². The molecule has 0 aliphatic heterocycles. The van der Waals surface area contributed by atoms with Crippen LogP contribution in [0.15, 0.2) is 55.1 Å². The summed E-state index contributed by atoms with van der Waals surface area (Å²) in [7, 11) is 0. The zero-order valence-electron chi connectivity index (χ0n) is 11.2. The van der Waals surface area contributed by atoms with E-state index in [-0.39, 0.29) is 16.7 Å². The molecule has 3 aromatic rings. The van der Waals surface area contributed by atoms with Gasteiger partial charge in [0.2, 0.25) is 5.82 Å². The summed E-state index contributed by atoms with van der Waals surface area (Å²) in [6.07, 6.45) is 5.20. The van der Waals surface area contributed by atoms with Gasteiger partial charge >= 0.3 is 5.69 Å². The van der Waals surface area contributed by atoms with Gasteiger partial charge in [-0.1, -0.05) is 11.6 Å². The first-order chi connectivity index (χ1) is 10.6. The van der Waals surface area contributed by atoms with Crippen molar-refractivity contribution in [3.05, 3.63) is 70.4 Å². The van der Waals surface area contributed by atoms with Crippen molar-refractivity contribution in [3.8, 4) is 5.69 Å². The number of hydrogen-bond donors (Lipinski definition) is 1. The monoisotopic (exact) mass is 315 g/mol. The first-order valence-electron chi connectivity index (χ1n) is 6.30. The van der Waals surface area contributed by atoms with Crippen molar-refractivity contribution >= 4 is 28.8 Å². The van der Waals surface area contributed by atoms with Gasteiger partial charge in [-0.3, -0.25) is 10.1 Å². The predicted molar refractivity (Wildman–Crippen MR) is 82.7 cm³/mol. The normalized spacial score (nSPS) is 10.4. The van der Waals surface area contributed by atoms with Gasteiger partial charge in [0.25, 0.3) is 0 Å². The fraction of sp³-hybridized carbons (Fsp3) is 0. The smallest absolute Gasteiger partial charge is 0.311 e. The third kappa shape index (κ3) is 2.89. The zero-order valence-corrected chi connectivity index (χ0v) is 11.9. The lowest BCUT2D eigenvalue weighted by Crippen LogP contribution is -2.00. The molecule has 1 N–H and O–H groups in total. The molecule has 110 valence electrons. The number of nitrogens with one attached hydrogen (secondary N) is 1. The van der Waals surface area contributed by atoms with Crippen molar-refractivity contribution in [3.63, 3.8) is 0 Å². The predicted octanol–water partition coefficient (Wildman–Crippen LogP) is 3.57. The number of imidazole rings is 1. The van der Waals surface area contributed by atoms with Crippen LogP contribution in [0.25, 0.3) is 5.69 Å². The molecule has 0 amide bonds. The lowest BCUT2D eigenvalue weighted by molar-refractivity contribution is -0.384. The van der Waals surface area contributed by atoms with E-state index in [2.05, 4.69) is 15.3 Å². The van der Waals surface area contributed by atoms with E-state index >= 15 is 0 Å². The number of anilines is 2. The highest BCUT2D eigenvalue weighted by Gasteiger charge is 2.15. The minimum absolute atomic E-state index is 0.105. The van der Waals surface area contributed by atoms with Gasteiger partial charge in [-0.15, -0.1) is 0 Å². The van der Waals surface area contributed by atoms with Crippen LogP contribution in [0, 0.1) is 10.1 Å². The number of pyridine rings is 1. The molecular formula is C14H10ClN5O2. The van der Waals surface area contributed by atoms with Gasteiger partial charge in [-0.05, 0) is 30.3 Å². The molecular weight excluding hydrogens is 306 g/mol. The molecule has 0 spiro atoms. The first kappa shape index (κ1) is 14.0. The number of nitro groups is 1. The molecule has 1 aromatic carbocycles. The lowest BCUT2D eigenvalue weighted by atomic mass is 10.2. The van der Waals surface area contributed by atoms with Gasteiger partial charge in [-0.25, -0.2) is 9.97 Å². The molecule has 0 radical (unpaired) electrons. The maximum atomic E-state index is 11.0. The van der Waals surface area contributed by atoms with Gasteiger partial charge in [0, 0.05) is 29.8 Å². The Hall–Kier alpha value is -2.93. The number of aromatic nitrogens is 3. The number of rotatable bonds is 4. The van der Waals surface area contributed by atoms with Gasteiger partial charge in [0.1, 0.15) is 5.15 Å². The quantitative estimate of drug-likeness (QED) is 0.452. The standard InChI is InChI=1S/C14H10ClN5O2/c15-13-6-5-12(20(21)22)14(18-13)17-10-1-3-11(4-2-10)19-8-7-16-9-19/h1-9H,(H,17,18). The molecule has 0 atom stereocenters. The summed E-state index contributed by atoms with van der Waals surface area (Å²) in [5, 5.41) is 14.1. The van der Waals surface area contributed by atoms with Crippen LogP contribution in [0.4, 0.5) is 17.2 Å². The fourth-order valence-electron chi connectivity index (χ4n) is 1.93. The Morgan fingerprint density at radius 2 is 1.95 bits per heavy atom. The Bertz CT molecular complexity index is 803. The zero-order chi connectivity index (χ0) is 15.5. The van der Waals surface area contributed by atoms with E-state index in [0.29, 0.717) is 5.69 Å². The van der Waals surface area contributed by atoms with E-state index in [4.69, 9.17) is 11.6 Å². The van der Waals surface area contributed by atoms with Crippen LogP contribution >= 0.6 is 11.6 Å². The molecule has 22 heavy (non-hydrogen) atoms. The highest BCUT2D eigenvalue weighted by Crippen LogP contribution is 2.27. The SMILES string of the molecule is O=[N+]([O-])c1ccc(Cl)nc1Nc1ccc(-n2ccnc2)cc1. The van der Waals surface area contributed by atoms with Crippen LogP contribution < -0.4 is 5.32 Å². The Morgan fingerprint density at radius 3 is 2.59 bits per heavy atom. The Morgan fingerprint density at radius 1 is 1.18 bits per heavy atom. The molecule has 8 heteroatoms. The van der Waals surface area contributed by atoms with Crippen molar-refractivity contribution in [1.82, 2.24) is 14.5 Å². The molecule has 2 aromatic heterocycles. The third-order valence-electron chi connectivity index (χ3n) is 2.97. The Balaban J connectivity index is 1.87. The second kappa shape index (κ2) is 5.82. The summed E-state index contributed by atoms with van der Waals surface area (Å²) in [6.45, 7) is 0. The molecule has 0 fully saturated rings. The third-order valence-corrected chi connectivity index (χ3v) is 3.18. The lowest BCUT2D eigenvalue weighted by Gasteiger charge is -2.08. The van der Waals surface area contributed by atoms with Crippen LogP contribution in [-0.4, -0.2) is 19.5 Å². The maximum absolute atomic E-state index is 11.0. The minimum Gasteiger partial charge on any atom is -0.334 e. The first-order valence-corrected chi connectivity index (χ1v) is 6.67. The molecule has 0 aliphatic rings. The van der Waals surface area contributed by atoms with Gasteiger partial charge < -0.3 is 9.88 Å². The van der Waals surface area contributed by atoms with Gasteiger partial charge in [0.15, 0.2) is 0 Å². The minimum atomic E-state index is -0.508. The van der Waals surface area contributed by atoms with E-state index < -0.39 is 4.92 Å². The average molecular weight is 316 g/mol. The molecule has 3 rings (SSSR count). The van der Waals surface area contributed by atoms with Crippen LogP contribution in [-0.2, 0) is 0 Å². The number of halogens is 1. The van der Waals surface area contributed by atoms with Crippen molar-refractivity contribution < 1.29 is 4.92 Å². The topological polar surface area (TPSA) is 85.9 Å². The van der Waals surface area contributed by atoms with Crippen LogP contribution in [0.2, 0.25) is 5.15 Å². The molecule has 7 nitrogen and oxygen atoms in total. The van der Waals surface area contributed by atoms with Gasteiger partial charge in [-0.2, -0.15) is 0 Å². The van der Waals surface area contributed by atoms with Crippen molar-refractivity contribution in [2.24, 2.45) is 0 Å². The van der Waals surface area contributed by atoms with E-state index in [1.54, 1.807) is 24.7 Å². The number of hydrogen-bond acceptors (Lipinski definition) is 5. The highest BCUT2D eigenvalue weighted by atomic mass is 35.5. The van der Waals surface area contributed by atoms with Crippen LogP contribution in [0.5, 0.6) is 0 Å². The average Bonchev–Trinajstić information content (AvgIpc) is 3.02. The van der Waals surface area contributed by atoms with Gasteiger partial charge in [0.05, 0.1) is 11.3 Å². The molecule has 2 heterocycles. The van der Waals surface area contributed by atoms with Crippen molar-refractivity contribution in [2.45, 2.75) is 0 Å². The molecule has 0 aliphatic carbocycles. The summed E-state index contributed by atoms with van der Waals surface area (Å²) in [6, 6.07) is 10.0. The summed E-state index contributed by atoms with van der Waals surface area (Å²) >= 11 is 5.80. The molecule has 0 unspecified atom stereocenters. The number of benzene rings is 1. The highest BCUT2D eigenvalue weighted by molar-refractivity contribution is 6.29. The fourth-order valence-corrected chi connectivity index (χ4v) is 2.08.